The minimum Gasteiger partial charge on any atom is -0.318 e. The minimum atomic E-state index is -3.43. The van der Waals surface area contributed by atoms with Gasteiger partial charge in [-0.3, -0.25) is 0 Å². The molecule has 1 N–H and O–H groups in total. The molecule has 0 aliphatic carbocycles. The molecular weight excluding hydrogens is 400 g/mol. The summed E-state index contributed by atoms with van der Waals surface area (Å²) in [6, 6.07) is 11.3. The molecule has 0 saturated carbocycles. The maximum atomic E-state index is 12.9. The minimum absolute atomic E-state index is 0. The number of benzene rings is 2. The van der Waals surface area contributed by atoms with E-state index in [9.17, 15) is 8.42 Å². The van der Waals surface area contributed by atoms with Crippen molar-refractivity contribution in [1.82, 2.24) is 9.62 Å². The van der Waals surface area contributed by atoms with Crippen LogP contribution in [0.5, 0.6) is 0 Å². The predicted octanol–water partition coefficient (Wildman–Crippen LogP) is 3.40. The van der Waals surface area contributed by atoms with Crippen LogP contribution >= 0.6 is 28.3 Å². The molecule has 0 spiro atoms. The Balaban J connectivity index is 0.00000192. The topological polar surface area (TPSA) is 49.4 Å². The molecule has 0 radical (unpaired) electrons. The summed E-state index contributed by atoms with van der Waals surface area (Å²) in [4.78, 5) is 0.380. The fourth-order valence-corrected chi connectivity index (χ4v) is 5.16. The summed E-state index contributed by atoms with van der Waals surface area (Å²) in [5, 5.41) is 5.06. The molecule has 1 fully saturated rings. The number of likely N-dealkylation sites (N-methyl/N-ethyl adjacent to an activating group) is 1. The molecule has 7 heteroatoms. The van der Waals surface area contributed by atoms with E-state index in [2.05, 4.69) is 21.2 Å². The van der Waals surface area contributed by atoms with Gasteiger partial charge in [-0.25, -0.2) is 8.42 Å². The largest absolute Gasteiger partial charge is 0.318 e. The van der Waals surface area contributed by atoms with Gasteiger partial charge in [-0.2, -0.15) is 4.31 Å². The van der Waals surface area contributed by atoms with Gasteiger partial charge in [-0.15, -0.1) is 12.4 Å². The number of hydrogen-bond donors (Lipinski definition) is 1. The molecule has 1 unspecified atom stereocenters. The Hall–Kier alpha value is -0.660. The van der Waals surface area contributed by atoms with Gasteiger partial charge in [-0.1, -0.05) is 28.1 Å². The van der Waals surface area contributed by atoms with Crippen LogP contribution in [0.3, 0.4) is 0 Å². The zero-order chi connectivity index (χ0) is 15.7. The third kappa shape index (κ3) is 3.72. The van der Waals surface area contributed by atoms with E-state index in [4.69, 9.17) is 0 Å². The summed E-state index contributed by atoms with van der Waals surface area (Å²) >= 11 is 3.44. The lowest BCUT2D eigenvalue weighted by Crippen LogP contribution is -2.40. The zero-order valence-corrected chi connectivity index (χ0v) is 16.0. The number of hydrogen-bond acceptors (Lipinski definition) is 3. The van der Waals surface area contributed by atoms with Crippen molar-refractivity contribution in [3.63, 3.8) is 0 Å². The lowest BCUT2D eigenvalue weighted by atomic mass is 10.1. The van der Waals surface area contributed by atoms with Gasteiger partial charge in [-0.05, 0) is 54.9 Å². The Morgan fingerprint density at radius 3 is 2.65 bits per heavy atom. The first-order chi connectivity index (χ1) is 10.5. The van der Waals surface area contributed by atoms with E-state index in [1.807, 2.05) is 31.3 Å². The Bertz CT molecular complexity index is 798. The second kappa shape index (κ2) is 7.49. The van der Waals surface area contributed by atoms with Gasteiger partial charge in [0.2, 0.25) is 10.0 Å². The van der Waals surface area contributed by atoms with E-state index in [-0.39, 0.29) is 18.4 Å². The van der Waals surface area contributed by atoms with E-state index >= 15 is 0 Å². The van der Waals surface area contributed by atoms with Crippen LogP contribution in [0.4, 0.5) is 0 Å². The molecule has 126 valence electrons. The molecule has 1 aliphatic heterocycles. The van der Waals surface area contributed by atoms with Gasteiger partial charge in [0.1, 0.15) is 0 Å². The lowest BCUT2D eigenvalue weighted by Gasteiger charge is -2.24. The molecule has 0 bridgehead atoms. The fraction of sp³-hybridized carbons (Fsp3) is 0.375. The molecule has 1 atom stereocenters. The smallest absolute Gasteiger partial charge is 0.243 e. The number of sulfonamides is 1. The first-order valence-electron chi connectivity index (χ1n) is 7.38. The standard InChI is InChI=1S/C16H19BrN2O2S.ClH/c1-18-11-15-3-2-8-19(15)22(20,21)16-7-5-12-9-14(17)6-4-13(12)10-16;/h4-7,9-10,15,18H,2-3,8,11H2,1H3;1H. The van der Waals surface area contributed by atoms with E-state index < -0.39 is 10.0 Å². The monoisotopic (exact) mass is 418 g/mol. The molecule has 0 amide bonds. The molecule has 4 nitrogen and oxygen atoms in total. The van der Waals surface area contributed by atoms with Crippen molar-refractivity contribution in [2.24, 2.45) is 0 Å². The van der Waals surface area contributed by atoms with Crippen LogP contribution in [0.15, 0.2) is 45.8 Å². The van der Waals surface area contributed by atoms with E-state index in [1.165, 1.54) is 0 Å². The van der Waals surface area contributed by atoms with E-state index in [0.29, 0.717) is 18.0 Å². The van der Waals surface area contributed by atoms with Gasteiger partial charge in [0.15, 0.2) is 0 Å². The lowest BCUT2D eigenvalue weighted by molar-refractivity contribution is 0.379. The highest BCUT2D eigenvalue weighted by atomic mass is 79.9. The van der Waals surface area contributed by atoms with Crippen LogP contribution in [0.25, 0.3) is 10.8 Å². The fourth-order valence-electron chi connectivity index (χ4n) is 3.06. The van der Waals surface area contributed by atoms with Crippen LogP contribution in [0, 0.1) is 0 Å². The predicted molar refractivity (Wildman–Crippen MR) is 99.7 cm³/mol. The number of rotatable bonds is 4. The summed E-state index contributed by atoms with van der Waals surface area (Å²) in [5.41, 5.74) is 0. The molecule has 0 aromatic heterocycles. The Kier molecular flexibility index (Phi) is 6.08. The van der Waals surface area contributed by atoms with Gasteiger partial charge in [0, 0.05) is 23.6 Å². The number of nitrogens with zero attached hydrogens (tertiary/aromatic N) is 1. The summed E-state index contributed by atoms with van der Waals surface area (Å²) in [7, 11) is -1.57. The second-order valence-corrected chi connectivity index (χ2v) is 8.43. The molecule has 3 rings (SSSR count). The quantitative estimate of drug-likeness (QED) is 0.826. The van der Waals surface area contributed by atoms with Crippen molar-refractivity contribution in [3.05, 3.63) is 40.9 Å². The molecule has 2 aromatic rings. The third-order valence-corrected chi connectivity index (χ3v) is 6.58. The molecule has 1 heterocycles. The van der Waals surface area contributed by atoms with Crippen LogP contribution in [-0.4, -0.2) is 38.9 Å². The Morgan fingerprint density at radius 2 is 1.91 bits per heavy atom. The molecule has 1 saturated heterocycles. The highest BCUT2D eigenvalue weighted by Gasteiger charge is 2.34. The van der Waals surface area contributed by atoms with Crippen molar-refractivity contribution >= 4 is 49.1 Å². The Labute approximate surface area is 151 Å². The van der Waals surface area contributed by atoms with Crippen molar-refractivity contribution in [2.45, 2.75) is 23.8 Å². The van der Waals surface area contributed by atoms with Gasteiger partial charge >= 0.3 is 0 Å². The van der Waals surface area contributed by atoms with Gasteiger partial charge in [0.25, 0.3) is 0 Å². The molecule has 1 aliphatic rings. The van der Waals surface area contributed by atoms with Crippen LogP contribution in [-0.2, 0) is 10.0 Å². The first-order valence-corrected chi connectivity index (χ1v) is 9.61. The molecular formula is C16H20BrClN2O2S. The van der Waals surface area contributed by atoms with Crippen molar-refractivity contribution in [3.8, 4) is 0 Å². The SMILES string of the molecule is CNCC1CCCN1S(=O)(=O)c1ccc2cc(Br)ccc2c1.Cl. The summed E-state index contributed by atoms with van der Waals surface area (Å²) in [5.74, 6) is 0. The average Bonchev–Trinajstić information content (AvgIpc) is 2.96. The van der Waals surface area contributed by atoms with Gasteiger partial charge in [0.05, 0.1) is 4.90 Å². The molecule has 23 heavy (non-hydrogen) atoms. The number of nitrogens with one attached hydrogen (secondary N) is 1. The maximum Gasteiger partial charge on any atom is 0.243 e. The highest BCUT2D eigenvalue weighted by Crippen LogP contribution is 2.28. The van der Waals surface area contributed by atoms with E-state index in [0.717, 1.165) is 28.1 Å². The Morgan fingerprint density at radius 1 is 1.22 bits per heavy atom. The first kappa shape index (κ1) is 18.7. The van der Waals surface area contributed by atoms with Crippen LogP contribution < -0.4 is 5.32 Å². The highest BCUT2D eigenvalue weighted by molar-refractivity contribution is 9.10. The van der Waals surface area contributed by atoms with Gasteiger partial charge < -0.3 is 5.32 Å². The zero-order valence-electron chi connectivity index (χ0n) is 12.8. The maximum absolute atomic E-state index is 12.9. The normalized spacial score (nSPS) is 19.0. The summed E-state index contributed by atoms with van der Waals surface area (Å²) in [6.07, 6.45) is 1.84. The number of halogens is 2. The average molecular weight is 420 g/mol. The van der Waals surface area contributed by atoms with Crippen LogP contribution in [0.1, 0.15) is 12.8 Å². The van der Waals surface area contributed by atoms with Crippen molar-refractivity contribution in [2.75, 3.05) is 20.1 Å². The molecule has 2 aromatic carbocycles. The second-order valence-electron chi connectivity index (χ2n) is 5.62. The van der Waals surface area contributed by atoms with Crippen molar-refractivity contribution in [1.29, 1.82) is 0 Å². The van der Waals surface area contributed by atoms with Crippen LogP contribution in [0.2, 0.25) is 0 Å². The third-order valence-electron chi connectivity index (χ3n) is 4.14. The summed E-state index contributed by atoms with van der Waals surface area (Å²) < 4.78 is 28.5. The summed E-state index contributed by atoms with van der Waals surface area (Å²) in [6.45, 7) is 1.30. The number of fused-ring (bicyclic) bond motifs is 1. The van der Waals surface area contributed by atoms with Crippen molar-refractivity contribution < 1.29 is 8.42 Å². The van der Waals surface area contributed by atoms with E-state index in [1.54, 1.807) is 16.4 Å².